The predicted octanol–water partition coefficient (Wildman–Crippen LogP) is 2.34. The minimum Gasteiger partial charge on any atom is -0.394 e. The van der Waals surface area contributed by atoms with Crippen LogP contribution in [-0.4, -0.2) is 58.4 Å². The van der Waals surface area contributed by atoms with Crippen LogP contribution in [-0.2, 0) is 14.3 Å². The Morgan fingerprint density at radius 2 is 1.87 bits per heavy atom. The molecule has 0 radical (unpaired) electrons. The Kier molecular flexibility index (Phi) is 5.18. The van der Waals surface area contributed by atoms with Crippen molar-refractivity contribution in [3.63, 3.8) is 0 Å². The van der Waals surface area contributed by atoms with Crippen LogP contribution in [0.15, 0.2) is 11.6 Å². The first kappa shape index (κ1) is 21.1. The van der Waals surface area contributed by atoms with Gasteiger partial charge in [-0.2, -0.15) is 0 Å². The number of hydrogen-bond donors (Lipinski definition) is 3. The van der Waals surface area contributed by atoms with Crippen LogP contribution >= 0.6 is 0 Å². The van der Waals surface area contributed by atoms with Crippen LogP contribution in [0.3, 0.4) is 0 Å². The summed E-state index contributed by atoms with van der Waals surface area (Å²) in [6.45, 7) is 4.40. The molecule has 0 aromatic rings. The summed E-state index contributed by atoms with van der Waals surface area (Å²) in [5.74, 6) is 2.16. The van der Waals surface area contributed by atoms with Crippen molar-refractivity contribution in [1.29, 1.82) is 0 Å². The topological polar surface area (TPSA) is 96.2 Å². The third kappa shape index (κ3) is 2.98. The number of hydrogen-bond acceptors (Lipinski definition) is 6. The van der Waals surface area contributed by atoms with Crippen LogP contribution in [0.5, 0.6) is 0 Å². The molecule has 1 aliphatic heterocycles. The van der Waals surface area contributed by atoms with E-state index in [2.05, 4.69) is 13.8 Å². The zero-order valence-corrected chi connectivity index (χ0v) is 18.1. The van der Waals surface area contributed by atoms with Gasteiger partial charge in [0.25, 0.3) is 0 Å². The van der Waals surface area contributed by atoms with E-state index in [9.17, 15) is 20.1 Å². The second-order valence-electron chi connectivity index (χ2n) is 10.9. The standard InChI is InChI=1S/C24H36O6/c1-23-9-7-14(26)11-13(23)3-4-15-16-5-6-19(24(16,2)10-8-17(15)23)30-22-21(28)20(27)18(12-25)29-22/h11,15-22,25,27-28H,3-10,12H2,1-2H3/t15-,16-,17-,18+,19-,20+,21-,22+,23-,24-/m0/s1. The van der Waals surface area contributed by atoms with Crippen LogP contribution < -0.4 is 0 Å². The first-order valence-electron chi connectivity index (χ1n) is 11.8. The molecule has 3 N–H and O–H groups in total. The molecule has 1 saturated heterocycles. The van der Waals surface area contributed by atoms with Crippen molar-refractivity contribution < 1.29 is 29.6 Å². The molecule has 6 nitrogen and oxygen atoms in total. The fraction of sp³-hybridized carbons (Fsp3) is 0.875. The summed E-state index contributed by atoms with van der Waals surface area (Å²) in [7, 11) is 0. The monoisotopic (exact) mass is 420 g/mol. The molecular formula is C24H36O6. The van der Waals surface area contributed by atoms with Crippen molar-refractivity contribution in [2.75, 3.05) is 6.61 Å². The van der Waals surface area contributed by atoms with Crippen molar-refractivity contribution in [3.05, 3.63) is 11.6 Å². The Balaban J connectivity index is 1.34. The normalized spacial score (nSPS) is 53.1. The molecule has 5 rings (SSSR count). The minimum absolute atomic E-state index is 0.00887. The molecule has 0 aromatic heterocycles. The van der Waals surface area contributed by atoms with Crippen molar-refractivity contribution in [1.82, 2.24) is 0 Å². The number of aliphatic hydroxyl groups excluding tert-OH is 3. The Bertz CT molecular complexity index is 735. The maximum atomic E-state index is 12.0. The second-order valence-corrected chi connectivity index (χ2v) is 10.9. The first-order valence-corrected chi connectivity index (χ1v) is 11.8. The van der Waals surface area contributed by atoms with Crippen molar-refractivity contribution in [2.45, 2.75) is 95.9 Å². The molecule has 5 aliphatic rings. The molecule has 0 aromatic carbocycles. The Labute approximate surface area is 178 Å². The van der Waals surface area contributed by atoms with E-state index in [0.717, 1.165) is 44.9 Å². The summed E-state index contributed by atoms with van der Waals surface area (Å²) in [4.78, 5) is 12.0. The van der Waals surface area contributed by atoms with Gasteiger partial charge < -0.3 is 24.8 Å². The highest BCUT2D eigenvalue weighted by Crippen LogP contribution is 2.65. The summed E-state index contributed by atoms with van der Waals surface area (Å²) in [5, 5.41) is 29.8. The highest BCUT2D eigenvalue weighted by atomic mass is 16.7. The molecule has 4 aliphatic carbocycles. The van der Waals surface area contributed by atoms with E-state index >= 15 is 0 Å². The van der Waals surface area contributed by atoms with Crippen molar-refractivity contribution >= 4 is 5.78 Å². The summed E-state index contributed by atoms with van der Waals surface area (Å²) in [5.41, 5.74) is 1.59. The van der Waals surface area contributed by atoms with E-state index in [-0.39, 0.29) is 23.5 Å². The number of ketones is 1. The number of carbonyl (C=O) groups excluding carboxylic acids is 1. The van der Waals surface area contributed by atoms with E-state index in [1.165, 1.54) is 5.57 Å². The largest absolute Gasteiger partial charge is 0.394 e. The lowest BCUT2D eigenvalue weighted by molar-refractivity contribution is -0.220. The van der Waals surface area contributed by atoms with Gasteiger partial charge in [0.2, 0.25) is 0 Å². The van der Waals surface area contributed by atoms with E-state index < -0.39 is 24.6 Å². The van der Waals surface area contributed by atoms with Crippen molar-refractivity contribution in [2.24, 2.45) is 28.6 Å². The first-order chi connectivity index (χ1) is 14.3. The molecule has 3 saturated carbocycles. The number of fused-ring (bicyclic) bond motifs is 5. The van der Waals surface area contributed by atoms with E-state index in [4.69, 9.17) is 9.47 Å². The molecule has 0 bridgehead atoms. The number of allylic oxidation sites excluding steroid dienone is 1. The van der Waals surface area contributed by atoms with Crippen LogP contribution in [0, 0.1) is 28.6 Å². The summed E-state index contributed by atoms with van der Waals surface area (Å²) >= 11 is 0. The van der Waals surface area contributed by atoms with Crippen LogP contribution in [0.25, 0.3) is 0 Å². The highest BCUT2D eigenvalue weighted by Gasteiger charge is 2.60. The number of rotatable bonds is 3. The summed E-state index contributed by atoms with van der Waals surface area (Å²) in [6, 6.07) is 0. The van der Waals surface area contributed by atoms with Crippen LogP contribution in [0.4, 0.5) is 0 Å². The lowest BCUT2D eigenvalue weighted by Crippen LogP contribution is -2.52. The molecule has 30 heavy (non-hydrogen) atoms. The number of aliphatic hydroxyl groups is 3. The van der Waals surface area contributed by atoms with Gasteiger partial charge in [-0.3, -0.25) is 4.79 Å². The molecule has 0 unspecified atom stereocenters. The van der Waals surface area contributed by atoms with Gasteiger partial charge in [0.15, 0.2) is 12.1 Å². The molecule has 6 heteroatoms. The quantitative estimate of drug-likeness (QED) is 0.649. The summed E-state index contributed by atoms with van der Waals surface area (Å²) in [6.07, 6.45) is 6.19. The minimum atomic E-state index is -1.12. The Morgan fingerprint density at radius 1 is 1.07 bits per heavy atom. The van der Waals surface area contributed by atoms with Gasteiger partial charge in [0.1, 0.15) is 18.3 Å². The van der Waals surface area contributed by atoms with Gasteiger partial charge >= 0.3 is 0 Å². The highest BCUT2D eigenvalue weighted by molar-refractivity contribution is 5.91. The lowest BCUT2D eigenvalue weighted by atomic mass is 9.47. The van der Waals surface area contributed by atoms with E-state index in [0.29, 0.717) is 30.0 Å². The molecule has 4 fully saturated rings. The zero-order chi connectivity index (χ0) is 21.3. The van der Waals surface area contributed by atoms with E-state index in [1.54, 1.807) is 0 Å². The van der Waals surface area contributed by atoms with Gasteiger partial charge in [-0.25, -0.2) is 0 Å². The zero-order valence-electron chi connectivity index (χ0n) is 18.1. The van der Waals surface area contributed by atoms with Crippen LogP contribution in [0.2, 0.25) is 0 Å². The molecular weight excluding hydrogens is 384 g/mol. The number of carbonyl (C=O) groups is 1. The third-order valence-electron chi connectivity index (χ3n) is 9.67. The van der Waals surface area contributed by atoms with Gasteiger partial charge in [-0.05, 0) is 79.6 Å². The molecule has 168 valence electrons. The lowest BCUT2D eigenvalue weighted by Gasteiger charge is -2.58. The SMILES string of the molecule is C[C@]12CC[C@H]3[C@@H](CCC4=CC(=O)CC[C@@]43C)[C@@H]1CC[C@@H]2O[C@H]1O[C@H](CO)[C@@H](O)[C@@H]1O. The van der Waals surface area contributed by atoms with Gasteiger partial charge in [0.05, 0.1) is 12.7 Å². The van der Waals surface area contributed by atoms with Gasteiger partial charge in [-0.1, -0.05) is 19.4 Å². The van der Waals surface area contributed by atoms with Crippen LogP contribution in [0.1, 0.15) is 65.2 Å². The second kappa shape index (κ2) is 7.38. The Hall–Kier alpha value is -0.790. The fourth-order valence-corrected chi connectivity index (χ4v) is 7.87. The fourth-order valence-electron chi connectivity index (χ4n) is 7.87. The maximum Gasteiger partial charge on any atom is 0.186 e. The smallest absolute Gasteiger partial charge is 0.186 e. The molecule has 0 spiro atoms. The molecule has 10 atom stereocenters. The van der Waals surface area contributed by atoms with Crippen molar-refractivity contribution in [3.8, 4) is 0 Å². The maximum absolute atomic E-state index is 12.0. The Morgan fingerprint density at radius 3 is 2.60 bits per heavy atom. The average Bonchev–Trinajstić information content (AvgIpc) is 3.20. The molecule has 1 heterocycles. The van der Waals surface area contributed by atoms with E-state index in [1.807, 2.05) is 6.08 Å². The molecule has 0 amide bonds. The average molecular weight is 421 g/mol. The predicted molar refractivity (Wildman–Crippen MR) is 109 cm³/mol. The summed E-state index contributed by atoms with van der Waals surface area (Å²) < 4.78 is 11.9. The number of ether oxygens (including phenoxy) is 2. The van der Waals surface area contributed by atoms with Gasteiger partial charge in [0, 0.05) is 6.42 Å². The third-order valence-corrected chi connectivity index (χ3v) is 9.67. The van der Waals surface area contributed by atoms with Gasteiger partial charge in [-0.15, -0.1) is 0 Å².